The van der Waals surface area contributed by atoms with Crippen LogP contribution in [0.3, 0.4) is 0 Å². The molecule has 5 heteroatoms. The van der Waals surface area contributed by atoms with Crippen molar-refractivity contribution in [2.45, 2.75) is 50.5 Å². The van der Waals surface area contributed by atoms with Crippen LogP contribution in [0.4, 0.5) is 0 Å². The van der Waals surface area contributed by atoms with E-state index in [4.69, 9.17) is 4.74 Å². The fraction of sp³-hybridized carbons (Fsp3) is 0.400. The molecule has 0 radical (unpaired) electrons. The molecule has 2 aromatic rings. The molecule has 0 spiro atoms. The second kappa shape index (κ2) is 7.18. The number of rotatable bonds is 5. The molecule has 0 aromatic heterocycles. The maximum Gasteiger partial charge on any atom is 0.244 e. The molecule has 0 saturated heterocycles. The van der Waals surface area contributed by atoms with E-state index >= 15 is 0 Å². The van der Waals surface area contributed by atoms with Gasteiger partial charge in [-0.15, -0.1) is 0 Å². The second-order valence-electron chi connectivity index (χ2n) is 6.73. The fourth-order valence-corrected chi connectivity index (χ4v) is 4.76. The topological polar surface area (TPSA) is 55.4 Å². The molecule has 1 N–H and O–H groups in total. The van der Waals surface area contributed by atoms with Crippen molar-refractivity contribution in [3.63, 3.8) is 0 Å². The Morgan fingerprint density at radius 1 is 1.04 bits per heavy atom. The van der Waals surface area contributed by atoms with Crippen LogP contribution in [0.1, 0.15) is 48.1 Å². The first kappa shape index (κ1) is 18.0. The van der Waals surface area contributed by atoms with Crippen LogP contribution in [0.2, 0.25) is 0 Å². The van der Waals surface area contributed by atoms with Crippen LogP contribution in [-0.2, 0) is 22.9 Å². The van der Waals surface area contributed by atoms with Gasteiger partial charge in [0, 0.05) is 6.04 Å². The highest BCUT2D eigenvalue weighted by molar-refractivity contribution is 7.89. The average molecular weight is 359 g/mol. The minimum atomic E-state index is -3.67. The number of aryl methyl sites for hydroxylation is 3. The summed E-state index contributed by atoms with van der Waals surface area (Å²) < 4.78 is 34.1. The maximum atomic E-state index is 13.0. The normalized spacial score (nSPS) is 15.5. The quantitative estimate of drug-likeness (QED) is 0.880. The van der Waals surface area contributed by atoms with Gasteiger partial charge in [-0.25, -0.2) is 13.1 Å². The van der Waals surface area contributed by atoms with Crippen molar-refractivity contribution < 1.29 is 13.2 Å². The first-order chi connectivity index (χ1) is 11.9. The number of nitrogens with one attached hydrogen (secondary N) is 1. The number of sulfonamides is 1. The maximum absolute atomic E-state index is 13.0. The van der Waals surface area contributed by atoms with Crippen molar-refractivity contribution in [3.8, 4) is 5.75 Å². The molecule has 0 saturated carbocycles. The predicted octanol–water partition coefficient (Wildman–Crippen LogP) is 3.92. The van der Waals surface area contributed by atoms with E-state index in [0.717, 1.165) is 42.4 Å². The number of methoxy groups -OCH3 is 1. The van der Waals surface area contributed by atoms with Crippen molar-refractivity contribution in [2.75, 3.05) is 7.11 Å². The van der Waals surface area contributed by atoms with Crippen LogP contribution in [0.15, 0.2) is 41.3 Å². The van der Waals surface area contributed by atoms with Crippen LogP contribution in [0.5, 0.6) is 5.75 Å². The van der Waals surface area contributed by atoms with E-state index in [-0.39, 0.29) is 10.9 Å². The lowest BCUT2D eigenvalue weighted by Gasteiger charge is -2.21. The molecule has 1 atom stereocenters. The average Bonchev–Trinajstić information content (AvgIpc) is 2.60. The summed E-state index contributed by atoms with van der Waals surface area (Å²) in [5.74, 6) is 0.421. The zero-order valence-electron chi connectivity index (χ0n) is 15.0. The van der Waals surface area contributed by atoms with Gasteiger partial charge in [-0.05, 0) is 68.4 Å². The lowest BCUT2D eigenvalue weighted by atomic mass is 9.92. The lowest BCUT2D eigenvalue weighted by molar-refractivity contribution is 0.400. The third kappa shape index (κ3) is 3.88. The van der Waals surface area contributed by atoms with Gasteiger partial charge >= 0.3 is 0 Å². The molecule has 0 bridgehead atoms. The summed E-state index contributed by atoms with van der Waals surface area (Å²) in [6.07, 6.45) is 4.16. The summed E-state index contributed by atoms with van der Waals surface area (Å²) in [5, 5.41) is 0. The van der Waals surface area contributed by atoms with Crippen LogP contribution >= 0.6 is 0 Å². The molecule has 3 rings (SSSR count). The van der Waals surface area contributed by atoms with Gasteiger partial charge in [0.1, 0.15) is 10.6 Å². The molecular formula is C20H25NO3S. The Kier molecular flexibility index (Phi) is 5.16. The van der Waals surface area contributed by atoms with Crippen molar-refractivity contribution in [2.24, 2.45) is 0 Å². The molecule has 1 aliphatic rings. The third-order valence-corrected chi connectivity index (χ3v) is 6.39. The van der Waals surface area contributed by atoms with E-state index in [2.05, 4.69) is 4.72 Å². The molecule has 134 valence electrons. The smallest absolute Gasteiger partial charge is 0.244 e. The van der Waals surface area contributed by atoms with Gasteiger partial charge in [-0.2, -0.15) is 0 Å². The zero-order chi connectivity index (χ0) is 18.0. The Balaban J connectivity index is 1.92. The van der Waals surface area contributed by atoms with Gasteiger partial charge in [0.15, 0.2) is 0 Å². The van der Waals surface area contributed by atoms with Gasteiger partial charge in [-0.1, -0.05) is 29.8 Å². The third-order valence-electron chi connectivity index (χ3n) is 4.83. The summed E-state index contributed by atoms with van der Waals surface area (Å²) in [4.78, 5) is 0.231. The minimum Gasteiger partial charge on any atom is -0.495 e. The molecule has 0 unspecified atom stereocenters. The lowest BCUT2D eigenvalue weighted by Crippen LogP contribution is -2.27. The van der Waals surface area contributed by atoms with Gasteiger partial charge < -0.3 is 4.74 Å². The Morgan fingerprint density at radius 3 is 2.24 bits per heavy atom. The monoisotopic (exact) mass is 359 g/mol. The predicted molar refractivity (Wildman–Crippen MR) is 99.6 cm³/mol. The Morgan fingerprint density at radius 2 is 1.64 bits per heavy atom. The molecule has 0 aliphatic heterocycles. The van der Waals surface area contributed by atoms with E-state index in [1.165, 1.54) is 12.7 Å². The Labute approximate surface area is 150 Å². The summed E-state index contributed by atoms with van der Waals surface area (Å²) in [5.41, 5.74) is 4.41. The highest BCUT2D eigenvalue weighted by atomic mass is 32.2. The van der Waals surface area contributed by atoms with E-state index in [1.54, 1.807) is 6.07 Å². The second-order valence-corrected chi connectivity index (χ2v) is 8.41. The van der Waals surface area contributed by atoms with Crippen molar-refractivity contribution in [1.29, 1.82) is 0 Å². The molecule has 0 fully saturated rings. The number of hydrogen-bond donors (Lipinski definition) is 1. The van der Waals surface area contributed by atoms with Crippen LogP contribution in [-0.4, -0.2) is 15.5 Å². The Bertz CT molecular complexity index is 857. The standard InChI is InChI=1S/C20H25NO3S/c1-14-8-10-16(11-9-14)15(2)21-25(22,23)20-13-18-7-5-4-6-17(18)12-19(20)24-3/h8-13,15,21H,4-7H2,1-3H3/t15-/m1/s1. The van der Waals surface area contributed by atoms with Crippen LogP contribution in [0.25, 0.3) is 0 Å². The fourth-order valence-electron chi connectivity index (χ4n) is 3.33. The molecule has 0 heterocycles. The number of benzene rings is 2. The zero-order valence-corrected chi connectivity index (χ0v) is 15.8. The summed E-state index contributed by atoms with van der Waals surface area (Å²) in [6.45, 7) is 3.86. The molecular weight excluding hydrogens is 334 g/mol. The molecule has 4 nitrogen and oxygen atoms in total. The SMILES string of the molecule is COc1cc2c(cc1S(=O)(=O)N[C@H](C)c1ccc(C)cc1)CCCC2. The number of fused-ring (bicyclic) bond motifs is 1. The van der Waals surface area contributed by atoms with Crippen molar-refractivity contribution in [1.82, 2.24) is 4.72 Å². The minimum absolute atomic E-state index is 0.231. The van der Waals surface area contributed by atoms with E-state index in [0.29, 0.717) is 5.75 Å². The first-order valence-electron chi connectivity index (χ1n) is 8.69. The molecule has 25 heavy (non-hydrogen) atoms. The van der Waals surface area contributed by atoms with Crippen LogP contribution < -0.4 is 9.46 Å². The van der Waals surface area contributed by atoms with Crippen LogP contribution in [0, 0.1) is 6.92 Å². The molecule has 2 aromatic carbocycles. The highest BCUT2D eigenvalue weighted by Crippen LogP contribution is 2.32. The Hall–Kier alpha value is -1.85. The number of ether oxygens (including phenoxy) is 1. The van der Waals surface area contributed by atoms with Gasteiger partial charge in [-0.3, -0.25) is 0 Å². The van der Waals surface area contributed by atoms with Crippen molar-refractivity contribution >= 4 is 10.0 Å². The van der Waals surface area contributed by atoms with Gasteiger partial charge in [0.25, 0.3) is 0 Å². The van der Waals surface area contributed by atoms with Crippen molar-refractivity contribution in [3.05, 3.63) is 58.7 Å². The highest BCUT2D eigenvalue weighted by Gasteiger charge is 2.25. The molecule has 1 aliphatic carbocycles. The largest absolute Gasteiger partial charge is 0.495 e. The van der Waals surface area contributed by atoms with E-state index in [9.17, 15) is 8.42 Å². The number of hydrogen-bond acceptors (Lipinski definition) is 3. The van der Waals surface area contributed by atoms with E-state index < -0.39 is 10.0 Å². The first-order valence-corrected chi connectivity index (χ1v) is 10.2. The van der Waals surface area contributed by atoms with E-state index in [1.807, 2.05) is 44.2 Å². The summed E-state index contributed by atoms with van der Waals surface area (Å²) in [7, 11) is -2.15. The summed E-state index contributed by atoms with van der Waals surface area (Å²) in [6, 6.07) is 11.2. The molecule has 0 amide bonds. The van der Waals surface area contributed by atoms with Gasteiger partial charge in [0.2, 0.25) is 10.0 Å². The van der Waals surface area contributed by atoms with Gasteiger partial charge in [0.05, 0.1) is 7.11 Å². The summed E-state index contributed by atoms with van der Waals surface area (Å²) >= 11 is 0.